The molecule has 0 aliphatic carbocycles. The highest BCUT2D eigenvalue weighted by molar-refractivity contribution is 9.10. The fourth-order valence-corrected chi connectivity index (χ4v) is 4.08. The van der Waals surface area contributed by atoms with E-state index in [2.05, 4.69) is 21.2 Å². The van der Waals surface area contributed by atoms with Crippen molar-refractivity contribution in [2.24, 2.45) is 0 Å². The van der Waals surface area contributed by atoms with Crippen LogP contribution >= 0.6 is 39.3 Å². The molecule has 8 nitrogen and oxygen atoms in total. The fourth-order valence-electron chi connectivity index (χ4n) is 2.70. The number of aryl methyl sites for hydroxylation is 1. The summed E-state index contributed by atoms with van der Waals surface area (Å²) in [6, 6.07) is 9.81. The zero-order chi connectivity index (χ0) is 23.4. The first-order valence-electron chi connectivity index (χ1n) is 9.09. The predicted molar refractivity (Wildman–Crippen MR) is 125 cm³/mol. The quantitative estimate of drug-likeness (QED) is 0.496. The van der Waals surface area contributed by atoms with Crippen LogP contribution in [-0.4, -0.2) is 46.2 Å². The Kier molecular flexibility index (Phi) is 7.60. The molecular weight excluding hydrogens is 524 g/mol. The zero-order valence-electron chi connectivity index (χ0n) is 16.6. The van der Waals surface area contributed by atoms with Gasteiger partial charge in [0.1, 0.15) is 12.3 Å². The van der Waals surface area contributed by atoms with Gasteiger partial charge in [0, 0.05) is 20.7 Å². The number of hydrogen-bond acceptors (Lipinski definition) is 6. The Morgan fingerprint density at radius 3 is 2.69 bits per heavy atom. The number of benzene rings is 2. The third kappa shape index (κ3) is 5.90. The van der Waals surface area contributed by atoms with Crippen molar-refractivity contribution in [2.45, 2.75) is 6.92 Å². The molecule has 2 aromatic carbocycles. The third-order valence-electron chi connectivity index (χ3n) is 4.24. The number of nitrogens with zero attached hydrogens (tertiary/aromatic N) is 1. The largest absolute Gasteiger partial charge is 0.481 e. The minimum absolute atomic E-state index is 0.0828. The summed E-state index contributed by atoms with van der Waals surface area (Å²) in [5.41, 5.74) is 1.70. The molecule has 1 aliphatic rings. The van der Waals surface area contributed by atoms with Crippen molar-refractivity contribution in [1.82, 2.24) is 4.90 Å². The Bertz CT molecular complexity index is 1150. The van der Waals surface area contributed by atoms with E-state index in [1.165, 1.54) is 6.08 Å². The molecule has 3 rings (SSSR count). The van der Waals surface area contributed by atoms with E-state index in [0.717, 1.165) is 10.5 Å². The molecular formula is C21H16BrClN2O6S. The van der Waals surface area contributed by atoms with E-state index in [1.54, 1.807) is 36.4 Å². The first kappa shape index (κ1) is 23.8. The normalized spacial score (nSPS) is 14.7. The lowest BCUT2D eigenvalue weighted by Crippen LogP contribution is -2.36. The van der Waals surface area contributed by atoms with Crippen molar-refractivity contribution >= 4 is 74.1 Å². The number of aliphatic carboxylic acids is 1. The highest BCUT2D eigenvalue weighted by Gasteiger charge is 2.36. The van der Waals surface area contributed by atoms with Crippen LogP contribution in [0.15, 0.2) is 45.8 Å². The molecule has 1 heterocycles. The van der Waals surface area contributed by atoms with Gasteiger partial charge in [-0.2, -0.15) is 0 Å². The average molecular weight is 540 g/mol. The number of carbonyl (C=O) groups is 4. The van der Waals surface area contributed by atoms with Crippen LogP contribution in [0.1, 0.15) is 11.1 Å². The number of imide groups is 1. The van der Waals surface area contributed by atoms with Crippen molar-refractivity contribution < 1.29 is 29.0 Å². The average Bonchev–Trinajstić information content (AvgIpc) is 2.97. The molecule has 11 heteroatoms. The SMILES string of the molecule is Cc1ccc(NC(=O)CN2C(=O)S/C(=C/c3cc(Br)ccc3OCC(=O)O)C2=O)cc1Cl. The maximum absolute atomic E-state index is 12.7. The van der Waals surface area contributed by atoms with Gasteiger partial charge in [-0.1, -0.05) is 33.6 Å². The maximum Gasteiger partial charge on any atom is 0.341 e. The van der Waals surface area contributed by atoms with E-state index in [9.17, 15) is 19.2 Å². The lowest BCUT2D eigenvalue weighted by molar-refractivity contribution is -0.139. The highest BCUT2D eigenvalue weighted by Crippen LogP contribution is 2.35. The second-order valence-corrected chi connectivity index (χ2v) is 8.96. The molecule has 0 bridgehead atoms. The zero-order valence-corrected chi connectivity index (χ0v) is 19.7. The lowest BCUT2D eigenvalue weighted by atomic mass is 10.2. The Labute approximate surface area is 200 Å². The van der Waals surface area contributed by atoms with Crippen LogP contribution in [0.2, 0.25) is 5.02 Å². The van der Waals surface area contributed by atoms with Crippen LogP contribution in [0.25, 0.3) is 6.08 Å². The van der Waals surface area contributed by atoms with Gasteiger partial charge in [0.15, 0.2) is 6.61 Å². The molecule has 0 saturated carbocycles. The first-order valence-corrected chi connectivity index (χ1v) is 11.1. The van der Waals surface area contributed by atoms with Gasteiger partial charge in [-0.25, -0.2) is 4.79 Å². The minimum Gasteiger partial charge on any atom is -0.481 e. The molecule has 166 valence electrons. The number of ether oxygens (including phenoxy) is 1. The molecule has 0 atom stereocenters. The minimum atomic E-state index is -1.15. The molecule has 1 saturated heterocycles. The molecule has 2 aromatic rings. The van der Waals surface area contributed by atoms with Crippen molar-refractivity contribution in [2.75, 3.05) is 18.5 Å². The monoisotopic (exact) mass is 538 g/mol. The van der Waals surface area contributed by atoms with E-state index < -0.39 is 36.2 Å². The second-order valence-electron chi connectivity index (χ2n) is 6.64. The van der Waals surface area contributed by atoms with Gasteiger partial charge in [0.25, 0.3) is 11.1 Å². The molecule has 0 radical (unpaired) electrons. The summed E-state index contributed by atoms with van der Waals surface area (Å²) in [6.07, 6.45) is 1.42. The van der Waals surface area contributed by atoms with Crippen LogP contribution in [0.4, 0.5) is 10.5 Å². The Hall–Kier alpha value is -2.82. The number of nitrogens with one attached hydrogen (secondary N) is 1. The summed E-state index contributed by atoms with van der Waals surface area (Å²) in [6.45, 7) is 0.797. The van der Waals surface area contributed by atoms with Gasteiger partial charge in [-0.05, 0) is 60.7 Å². The third-order valence-corrected chi connectivity index (χ3v) is 6.05. The number of carboxylic acids is 1. The number of thioether (sulfide) groups is 1. The van der Waals surface area contributed by atoms with E-state index >= 15 is 0 Å². The standard InChI is InChI=1S/C21H16BrClN2O6S/c1-11-2-4-14(8-15(11)23)24-18(26)9-25-20(29)17(32-21(25)30)7-12-6-13(22)3-5-16(12)31-10-19(27)28/h2-8H,9-10H2,1H3,(H,24,26)(H,27,28)/b17-7+. The highest BCUT2D eigenvalue weighted by atomic mass is 79.9. The second kappa shape index (κ2) is 10.2. The van der Waals surface area contributed by atoms with Crippen LogP contribution < -0.4 is 10.1 Å². The van der Waals surface area contributed by atoms with Crippen molar-refractivity contribution in [3.05, 3.63) is 61.9 Å². The number of rotatable bonds is 7. The molecule has 0 spiro atoms. The lowest BCUT2D eigenvalue weighted by Gasteiger charge is -2.13. The van der Waals surface area contributed by atoms with Crippen LogP contribution in [-0.2, 0) is 14.4 Å². The number of amides is 3. The summed E-state index contributed by atoms with van der Waals surface area (Å²) < 4.78 is 5.91. The van der Waals surface area contributed by atoms with Gasteiger partial charge >= 0.3 is 5.97 Å². The molecule has 0 unspecified atom stereocenters. The Morgan fingerprint density at radius 2 is 2.00 bits per heavy atom. The van der Waals surface area contributed by atoms with Gasteiger partial charge in [-0.15, -0.1) is 0 Å². The molecule has 2 N–H and O–H groups in total. The summed E-state index contributed by atoms with van der Waals surface area (Å²) in [7, 11) is 0. The smallest absolute Gasteiger partial charge is 0.341 e. The molecule has 3 amide bonds. The summed E-state index contributed by atoms with van der Waals surface area (Å²) in [5, 5.41) is 11.3. The molecule has 1 fully saturated rings. The Balaban J connectivity index is 1.75. The van der Waals surface area contributed by atoms with E-state index in [4.69, 9.17) is 21.4 Å². The van der Waals surface area contributed by atoms with E-state index in [1.807, 2.05) is 6.92 Å². The summed E-state index contributed by atoms with van der Waals surface area (Å²) >= 11 is 10.0. The number of halogens is 2. The summed E-state index contributed by atoms with van der Waals surface area (Å²) in [4.78, 5) is 49.2. The Morgan fingerprint density at radius 1 is 1.25 bits per heavy atom. The van der Waals surface area contributed by atoms with Gasteiger partial charge in [-0.3, -0.25) is 19.3 Å². The van der Waals surface area contributed by atoms with Gasteiger partial charge < -0.3 is 15.2 Å². The first-order chi connectivity index (χ1) is 15.1. The molecule has 1 aliphatic heterocycles. The van der Waals surface area contributed by atoms with Crippen molar-refractivity contribution in [3.63, 3.8) is 0 Å². The van der Waals surface area contributed by atoms with Crippen molar-refractivity contribution in [1.29, 1.82) is 0 Å². The van der Waals surface area contributed by atoms with Crippen LogP contribution in [0, 0.1) is 6.92 Å². The predicted octanol–water partition coefficient (Wildman–Crippen LogP) is 4.55. The van der Waals surface area contributed by atoms with E-state index in [0.29, 0.717) is 32.5 Å². The van der Waals surface area contributed by atoms with E-state index in [-0.39, 0.29) is 10.7 Å². The molecule has 0 aromatic heterocycles. The van der Waals surface area contributed by atoms with Crippen LogP contribution in [0.5, 0.6) is 5.75 Å². The fraction of sp³-hybridized carbons (Fsp3) is 0.143. The van der Waals surface area contributed by atoms with Crippen LogP contribution in [0.3, 0.4) is 0 Å². The van der Waals surface area contributed by atoms with Crippen molar-refractivity contribution in [3.8, 4) is 5.75 Å². The van der Waals surface area contributed by atoms with Gasteiger partial charge in [0.05, 0.1) is 4.91 Å². The van der Waals surface area contributed by atoms with Gasteiger partial charge in [0.2, 0.25) is 5.91 Å². The number of anilines is 1. The number of carboxylic acid groups (broad SMARTS) is 1. The maximum atomic E-state index is 12.7. The summed E-state index contributed by atoms with van der Waals surface area (Å²) in [5.74, 6) is -2.11. The number of carbonyl (C=O) groups excluding carboxylic acids is 3. The molecule has 32 heavy (non-hydrogen) atoms. The number of hydrogen-bond donors (Lipinski definition) is 2. The topological polar surface area (TPSA) is 113 Å².